The fraction of sp³-hybridized carbons (Fsp3) is 0.111. The lowest BCUT2D eigenvalue weighted by atomic mass is 10.1. The van der Waals surface area contributed by atoms with Crippen molar-refractivity contribution in [2.24, 2.45) is 0 Å². The van der Waals surface area contributed by atoms with E-state index in [9.17, 15) is 9.00 Å². The van der Waals surface area contributed by atoms with E-state index in [-0.39, 0.29) is 0 Å². The zero-order valence-corrected chi connectivity index (χ0v) is 13.4. The number of pyridine rings is 1. The Morgan fingerprint density at radius 2 is 1.91 bits per heavy atom. The summed E-state index contributed by atoms with van der Waals surface area (Å²) in [5.74, 6) is 1.33. The second kappa shape index (κ2) is 6.71. The molecular formula is C18H15NO3S. The molecule has 1 aromatic heterocycles. The summed E-state index contributed by atoms with van der Waals surface area (Å²) in [6.45, 7) is 0. The van der Waals surface area contributed by atoms with Crippen LogP contribution in [0.25, 0.3) is 10.9 Å². The van der Waals surface area contributed by atoms with Gasteiger partial charge in [-0.1, -0.05) is 12.1 Å². The SMILES string of the molecule is CS(=O)c1ccc2nccc(Oc3ccc(CC=O)cc3)c2c1. The van der Waals surface area contributed by atoms with Crippen molar-refractivity contribution < 1.29 is 13.7 Å². The molecule has 2 aromatic carbocycles. The first kappa shape index (κ1) is 15.4. The molecule has 3 rings (SSSR count). The van der Waals surface area contributed by atoms with Crippen molar-refractivity contribution in [2.75, 3.05) is 6.26 Å². The first-order valence-electron chi connectivity index (χ1n) is 7.10. The van der Waals surface area contributed by atoms with Crippen LogP contribution in [0.4, 0.5) is 0 Å². The van der Waals surface area contributed by atoms with Gasteiger partial charge in [0, 0.05) is 40.0 Å². The topological polar surface area (TPSA) is 56.3 Å². The molecule has 0 saturated heterocycles. The second-order valence-electron chi connectivity index (χ2n) is 5.06. The highest BCUT2D eigenvalue weighted by molar-refractivity contribution is 7.84. The summed E-state index contributed by atoms with van der Waals surface area (Å²) >= 11 is 0. The molecule has 1 heterocycles. The fourth-order valence-electron chi connectivity index (χ4n) is 2.28. The van der Waals surface area contributed by atoms with E-state index in [2.05, 4.69) is 4.98 Å². The third-order valence-corrected chi connectivity index (χ3v) is 4.39. The first-order chi connectivity index (χ1) is 11.2. The van der Waals surface area contributed by atoms with E-state index in [0.29, 0.717) is 17.9 Å². The van der Waals surface area contributed by atoms with Gasteiger partial charge in [0.25, 0.3) is 0 Å². The molecule has 0 aliphatic carbocycles. The van der Waals surface area contributed by atoms with E-state index in [0.717, 1.165) is 27.6 Å². The Kier molecular flexibility index (Phi) is 4.48. The van der Waals surface area contributed by atoms with Gasteiger partial charge >= 0.3 is 0 Å². The molecule has 116 valence electrons. The van der Waals surface area contributed by atoms with Gasteiger partial charge in [0.15, 0.2) is 0 Å². The third-order valence-electron chi connectivity index (χ3n) is 3.48. The molecule has 23 heavy (non-hydrogen) atoms. The van der Waals surface area contributed by atoms with Gasteiger partial charge in [-0.05, 0) is 42.0 Å². The van der Waals surface area contributed by atoms with Crippen LogP contribution in [0.1, 0.15) is 5.56 Å². The minimum atomic E-state index is -1.06. The van der Waals surface area contributed by atoms with Crippen molar-refractivity contribution in [2.45, 2.75) is 11.3 Å². The molecule has 0 aliphatic heterocycles. The Morgan fingerprint density at radius 3 is 2.61 bits per heavy atom. The molecule has 3 aromatic rings. The van der Waals surface area contributed by atoms with E-state index in [1.807, 2.05) is 42.5 Å². The van der Waals surface area contributed by atoms with Gasteiger partial charge < -0.3 is 9.53 Å². The minimum Gasteiger partial charge on any atom is -0.457 e. The molecule has 0 fully saturated rings. The summed E-state index contributed by atoms with van der Waals surface area (Å²) in [6.07, 6.45) is 4.59. The van der Waals surface area contributed by atoms with Crippen molar-refractivity contribution in [3.63, 3.8) is 0 Å². The summed E-state index contributed by atoms with van der Waals surface area (Å²) in [5, 5.41) is 0.817. The molecule has 5 heteroatoms. The normalized spacial score (nSPS) is 12.0. The van der Waals surface area contributed by atoms with Crippen LogP contribution in [0.15, 0.2) is 59.6 Å². The number of carbonyl (C=O) groups excluding carboxylic acids is 1. The molecule has 0 saturated carbocycles. The summed E-state index contributed by atoms with van der Waals surface area (Å²) < 4.78 is 17.6. The number of rotatable bonds is 5. The number of carbonyl (C=O) groups is 1. The Hall–Kier alpha value is -2.53. The Labute approximate surface area is 136 Å². The highest BCUT2D eigenvalue weighted by atomic mass is 32.2. The maximum atomic E-state index is 11.7. The molecule has 1 unspecified atom stereocenters. The molecule has 0 aliphatic rings. The predicted octanol–water partition coefficient (Wildman–Crippen LogP) is 3.51. The number of fused-ring (bicyclic) bond motifs is 1. The predicted molar refractivity (Wildman–Crippen MR) is 90.4 cm³/mol. The maximum Gasteiger partial charge on any atom is 0.138 e. The van der Waals surface area contributed by atoms with Crippen molar-refractivity contribution in [3.05, 3.63) is 60.3 Å². The lowest BCUT2D eigenvalue weighted by Crippen LogP contribution is -1.92. The highest BCUT2D eigenvalue weighted by Crippen LogP contribution is 2.30. The smallest absolute Gasteiger partial charge is 0.138 e. The summed E-state index contributed by atoms with van der Waals surface area (Å²) in [6, 6.07) is 14.6. The second-order valence-corrected chi connectivity index (χ2v) is 6.44. The first-order valence-corrected chi connectivity index (χ1v) is 8.66. The van der Waals surface area contributed by atoms with Crippen molar-refractivity contribution >= 4 is 28.0 Å². The number of hydrogen-bond acceptors (Lipinski definition) is 4. The summed E-state index contributed by atoms with van der Waals surface area (Å²) in [5.41, 5.74) is 1.73. The molecule has 4 nitrogen and oxygen atoms in total. The van der Waals surface area contributed by atoms with E-state index in [4.69, 9.17) is 4.74 Å². The molecule has 0 radical (unpaired) electrons. The molecule has 1 atom stereocenters. The van der Waals surface area contributed by atoms with Crippen LogP contribution >= 0.6 is 0 Å². The van der Waals surface area contributed by atoms with Crippen LogP contribution in [0.5, 0.6) is 11.5 Å². The van der Waals surface area contributed by atoms with Gasteiger partial charge in [-0.25, -0.2) is 0 Å². The van der Waals surface area contributed by atoms with Crippen LogP contribution in [0, 0.1) is 0 Å². The average Bonchev–Trinajstić information content (AvgIpc) is 2.57. The Morgan fingerprint density at radius 1 is 1.13 bits per heavy atom. The van der Waals surface area contributed by atoms with Crippen molar-refractivity contribution in [1.29, 1.82) is 0 Å². The van der Waals surface area contributed by atoms with Crippen molar-refractivity contribution in [3.8, 4) is 11.5 Å². The molecule has 0 bridgehead atoms. The van der Waals surface area contributed by atoms with Crippen LogP contribution in [-0.2, 0) is 22.0 Å². The molecular weight excluding hydrogens is 310 g/mol. The largest absolute Gasteiger partial charge is 0.457 e. The van der Waals surface area contributed by atoms with Crippen LogP contribution in [0.3, 0.4) is 0 Å². The van der Waals surface area contributed by atoms with Gasteiger partial charge in [0.2, 0.25) is 0 Å². The summed E-state index contributed by atoms with van der Waals surface area (Å²) in [4.78, 5) is 15.6. The number of aromatic nitrogens is 1. The van der Waals surface area contributed by atoms with E-state index in [1.54, 1.807) is 18.5 Å². The summed E-state index contributed by atoms with van der Waals surface area (Å²) in [7, 11) is -1.06. The Bertz CT molecular complexity index is 875. The Balaban J connectivity index is 1.97. The average molecular weight is 325 g/mol. The van der Waals surface area contributed by atoms with Crippen LogP contribution in [-0.4, -0.2) is 21.7 Å². The molecule has 0 spiro atoms. The van der Waals surface area contributed by atoms with Gasteiger partial charge in [-0.2, -0.15) is 0 Å². The number of aldehydes is 1. The zero-order chi connectivity index (χ0) is 16.2. The third kappa shape index (κ3) is 3.46. The van der Waals surface area contributed by atoms with Crippen LogP contribution in [0.2, 0.25) is 0 Å². The highest BCUT2D eigenvalue weighted by Gasteiger charge is 2.07. The van der Waals surface area contributed by atoms with E-state index >= 15 is 0 Å². The number of benzene rings is 2. The van der Waals surface area contributed by atoms with Gasteiger partial charge in [0.1, 0.15) is 17.8 Å². The fourth-order valence-corrected chi connectivity index (χ4v) is 2.83. The molecule has 0 N–H and O–H groups in total. The lowest BCUT2D eigenvalue weighted by molar-refractivity contribution is -0.107. The minimum absolute atomic E-state index is 0.393. The van der Waals surface area contributed by atoms with Gasteiger partial charge in [-0.15, -0.1) is 0 Å². The van der Waals surface area contributed by atoms with Gasteiger partial charge in [-0.3, -0.25) is 9.19 Å². The number of ether oxygens (including phenoxy) is 1. The standard InChI is InChI=1S/C18H15NO3S/c1-23(21)15-6-7-17-16(12-15)18(8-10-19-17)22-14-4-2-13(3-5-14)9-11-20/h2-8,10-12H,9H2,1H3. The number of nitrogens with zero attached hydrogens (tertiary/aromatic N) is 1. The quantitative estimate of drug-likeness (QED) is 0.674. The van der Waals surface area contributed by atoms with Crippen molar-refractivity contribution in [1.82, 2.24) is 4.98 Å². The molecule has 0 amide bonds. The van der Waals surface area contributed by atoms with Gasteiger partial charge in [0.05, 0.1) is 5.52 Å². The zero-order valence-electron chi connectivity index (χ0n) is 12.6. The van der Waals surface area contributed by atoms with E-state index in [1.165, 1.54) is 0 Å². The lowest BCUT2D eigenvalue weighted by Gasteiger charge is -2.10. The maximum absolute atomic E-state index is 11.7. The number of hydrogen-bond donors (Lipinski definition) is 0. The van der Waals surface area contributed by atoms with Crippen LogP contribution < -0.4 is 4.74 Å². The van der Waals surface area contributed by atoms with E-state index < -0.39 is 10.8 Å². The monoisotopic (exact) mass is 325 g/mol.